The molecule has 0 radical (unpaired) electrons. The second-order valence-corrected chi connectivity index (χ2v) is 6.93. The van der Waals surface area contributed by atoms with Gasteiger partial charge >= 0.3 is 6.03 Å². The van der Waals surface area contributed by atoms with Crippen molar-refractivity contribution in [2.24, 2.45) is 5.92 Å². The third-order valence-corrected chi connectivity index (χ3v) is 5.13. The van der Waals surface area contributed by atoms with Crippen molar-refractivity contribution in [3.8, 4) is 0 Å². The van der Waals surface area contributed by atoms with Crippen molar-refractivity contribution in [3.63, 3.8) is 0 Å². The highest BCUT2D eigenvalue weighted by molar-refractivity contribution is 6.31. The zero-order chi connectivity index (χ0) is 16.3. The Balaban J connectivity index is 2.12. The number of nitrogens with zero attached hydrogens (tertiary/aromatic N) is 1. The monoisotopic (exact) mass is 322 g/mol. The first-order valence-corrected chi connectivity index (χ1v) is 8.71. The smallest absolute Gasteiger partial charge is 0.322 e. The molecule has 2 rings (SSSR count). The van der Waals surface area contributed by atoms with Crippen LogP contribution in [0.5, 0.6) is 0 Å². The molecule has 3 nitrogen and oxygen atoms in total. The summed E-state index contributed by atoms with van der Waals surface area (Å²) in [6, 6.07) is 6.21. The van der Waals surface area contributed by atoms with Crippen LogP contribution in [-0.4, -0.2) is 18.6 Å². The number of carbonyl (C=O) groups excluding carboxylic acids is 1. The van der Waals surface area contributed by atoms with Crippen LogP contribution in [0.4, 0.5) is 10.5 Å². The Morgan fingerprint density at radius 2 is 2.05 bits per heavy atom. The first-order chi connectivity index (χ1) is 10.5. The minimum absolute atomic E-state index is 0.0133. The molecule has 1 N–H and O–H groups in total. The number of hydrogen-bond acceptors (Lipinski definition) is 1. The minimum Gasteiger partial charge on any atom is -0.333 e. The number of carbonyl (C=O) groups is 1. The minimum atomic E-state index is -0.0133. The van der Waals surface area contributed by atoms with Gasteiger partial charge in [-0.3, -0.25) is 4.90 Å². The molecule has 0 bridgehead atoms. The SMILES string of the molecule is CCC(C)CC1CN(c2ccc(C(C)CC)c(Cl)c2)C(=O)N1. The van der Waals surface area contributed by atoms with Crippen LogP contribution in [-0.2, 0) is 0 Å². The largest absolute Gasteiger partial charge is 0.333 e. The van der Waals surface area contributed by atoms with Gasteiger partial charge in [0.15, 0.2) is 0 Å². The quantitative estimate of drug-likeness (QED) is 0.768. The molecule has 122 valence electrons. The first kappa shape index (κ1) is 17.1. The van der Waals surface area contributed by atoms with Gasteiger partial charge in [-0.1, -0.05) is 51.8 Å². The van der Waals surface area contributed by atoms with E-state index < -0.39 is 0 Å². The van der Waals surface area contributed by atoms with Gasteiger partial charge in [0.1, 0.15) is 0 Å². The first-order valence-electron chi connectivity index (χ1n) is 8.33. The van der Waals surface area contributed by atoms with E-state index in [4.69, 9.17) is 11.6 Å². The predicted molar refractivity (Wildman–Crippen MR) is 93.9 cm³/mol. The van der Waals surface area contributed by atoms with E-state index in [0.29, 0.717) is 11.8 Å². The Morgan fingerprint density at radius 1 is 1.32 bits per heavy atom. The molecule has 1 aliphatic rings. The van der Waals surface area contributed by atoms with E-state index in [2.05, 4.69) is 39.1 Å². The number of nitrogens with one attached hydrogen (secondary N) is 1. The van der Waals surface area contributed by atoms with Crippen LogP contribution in [0.25, 0.3) is 0 Å². The Bertz CT molecular complexity index is 532. The number of urea groups is 1. The van der Waals surface area contributed by atoms with Crippen LogP contribution < -0.4 is 10.2 Å². The standard InChI is InChI=1S/C18H27ClN2O/c1-5-12(3)9-14-11-21(18(22)20-14)15-7-8-16(13(4)6-2)17(19)10-15/h7-8,10,12-14H,5-6,9,11H2,1-4H3,(H,20,22). The topological polar surface area (TPSA) is 32.3 Å². The molecule has 1 saturated heterocycles. The highest BCUT2D eigenvalue weighted by atomic mass is 35.5. The average molecular weight is 323 g/mol. The molecule has 22 heavy (non-hydrogen) atoms. The number of anilines is 1. The van der Waals surface area contributed by atoms with Crippen molar-refractivity contribution < 1.29 is 4.79 Å². The van der Waals surface area contributed by atoms with Gasteiger partial charge in [0.05, 0.1) is 0 Å². The molecule has 4 heteroatoms. The van der Waals surface area contributed by atoms with Gasteiger partial charge in [-0.05, 0) is 42.4 Å². The fourth-order valence-electron chi connectivity index (χ4n) is 2.91. The van der Waals surface area contributed by atoms with E-state index in [-0.39, 0.29) is 12.1 Å². The van der Waals surface area contributed by atoms with Crippen LogP contribution >= 0.6 is 11.6 Å². The van der Waals surface area contributed by atoms with Crippen molar-refractivity contribution in [2.75, 3.05) is 11.4 Å². The lowest BCUT2D eigenvalue weighted by Gasteiger charge is -2.18. The molecule has 0 aromatic heterocycles. The lowest BCUT2D eigenvalue weighted by atomic mass is 9.98. The van der Waals surface area contributed by atoms with E-state index >= 15 is 0 Å². The molecule has 0 saturated carbocycles. The van der Waals surface area contributed by atoms with Crippen molar-refractivity contribution in [1.29, 1.82) is 0 Å². The van der Waals surface area contributed by atoms with Crippen molar-refractivity contribution in [2.45, 2.75) is 58.9 Å². The zero-order valence-electron chi connectivity index (χ0n) is 14.0. The predicted octanol–water partition coefficient (Wildman–Crippen LogP) is 5.19. The number of rotatable bonds is 6. The van der Waals surface area contributed by atoms with Crippen LogP contribution in [0, 0.1) is 5.92 Å². The van der Waals surface area contributed by atoms with E-state index in [1.54, 1.807) is 4.90 Å². The normalized spacial score (nSPS) is 20.9. The van der Waals surface area contributed by atoms with E-state index in [0.717, 1.165) is 42.1 Å². The Morgan fingerprint density at radius 3 is 2.64 bits per heavy atom. The summed E-state index contributed by atoms with van der Waals surface area (Å²) in [4.78, 5) is 14.0. The number of benzene rings is 1. The molecular weight excluding hydrogens is 296 g/mol. The van der Waals surface area contributed by atoms with Gasteiger partial charge in [-0.15, -0.1) is 0 Å². The van der Waals surface area contributed by atoms with Crippen molar-refractivity contribution >= 4 is 23.3 Å². The second kappa shape index (κ2) is 7.36. The van der Waals surface area contributed by atoms with E-state index in [1.807, 2.05) is 12.1 Å². The summed E-state index contributed by atoms with van der Waals surface area (Å²) in [5.74, 6) is 1.06. The maximum atomic E-state index is 12.2. The maximum absolute atomic E-state index is 12.2. The molecule has 3 atom stereocenters. The molecule has 1 aromatic rings. The molecule has 2 amide bonds. The highest BCUT2D eigenvalue weighted by Crippen LogP contribution is 2.31. The summed E-state index contributed by atoms with van der Waals surface area (Å²) in [6.45, 7) is 9.47. The number of halogens is 1. The molecule has 0 spiro atoms. The summed E-state index contributed by atoms with van der Waals surface area (Å²) in [6.07, 6.45) is 3.22. The summed E-state index contributed by atoms with van der Waals surface area (Å²) in [5, 5.41) is 3.83. The molecule has 1 aliphatic heterocycles. The highest BCUT2D eigenvalue weighted by Gasteiger charge is 2.30. The van der Waals surface area contributed by atoms with Gasteiger partial charge in [-0.25, -0.2) is 4.79 Å². The molecule has 3 unspecified atom stereocenters. The summed E-state index contributed by atoms with van der Waals surface area (Å²) in [5.41, 5.74) is 2.05. The van der Waals surface area contributed by atoms with E-state index in [1.165, 1.54) is 0 Å². The Labute approximate surface area is 139 Å². The maximum Gasteiger partial charge on any atom is 0.322 e. The fourth-order valence-corrected chi connectivity index (χ4v) is 3.27. The summed E-state index contributed by atoms with van der Waals surface area (Å²) >= 11 is 6.41. The van der Waals surface area contributed by atoms with Crippen LogP contribution in [0.1, 0.15) is 58.4 Å². The molecule has 0 aliphatic carbocycles. The van der Waals surface area contributed by atoms with Gasteiger partial charge in [0, 0.05) is 23.3 Å². The lowest BCUT2D eigenvalue weighted by Crippen LogP contribution is -2.29. The third kappa shape index (κ3) is 3.75. The van der Waals surface area contributed by atoms with Crippen LogP contribution in [0.15, 0.2) is 18.2 Å². The second-order valence-electron chi connectivity index (χ2n) is 6.52. The molecule has 1 heterocycles. The number of hydrogen-bond donors (Lipinski definition) is 1. The summed E-state index contributed by atoms with van der Waals surface area (Å²) < 4.78 is 0. The fraction of sp³-hybridized carbons (Fsp3) is 0.611. The molecule has 1 fully saturated rings. The Kier molecular flexibility index (Phi) is 5.74. The molecular formula is C18H27ClN2O. The lowest BCUT2D eigenvalue weighted by molar-refractivity contribution is 0.250. The van der Waals surface area contributed by atoms with E-state index in [9.17, 15) is 4.79 Å². The third-order valence-electron chi connectivity index (χ3n) is 4.80. The zero-order valence-corrected chi connectivity index (χ0v) is 14.8. The van der Waals surface area contributed by atoms with Gasteiger partial charge in [0.2, 0.25) is 0 Å². The van der Waals surface area contributed by atoms with Crippen molar-refractivity contribution in [3.05, 3.63) is 28.8 Å². The Hall–Kier alpha value is -1.22. The van der Waals surface area contributed by atoms with Crippen LogP contribution in [0.3, 0.4) is 0 Å². The number of amides is 2. The summed E-state index contributed by atoms with van der Waals surface area (Å²) in [7, 11) is 0. The van der Waals surface area contributed by atoms with Gasteiger partial charge < -0.3 is 5.32 Å². The average Bonchev–Trinajstić information content (AvgIpc) is 2.86. The van der Waals surface area contributed by atoms with Gasteiger partial charge in [0.25, 0.3) is 0 Å². The van der Waals surface area contributed by atoms with Crippen molar-refractivity contribution in [1.82, 2.24) is 5.32 Å². The van der Waals surface area contributed by atoms with Crippen LogP contribution in [0.2, 0.25) is 5.02 Å². The van der Waals surface area contributed by atoms with Gasteiger partial charge in [-0.2, -0.15) is 0 Å². The molecule has 1 aromatic carbocycles.